The van der Waals surface area contributed by atoms with E-state index in [4.69, 9.17) is 14.2 Å². The molecule has 0 aliphatic heterocycles. The molecule has 0 atom stereocenters. The Morgan fingerprint density at radius 1 is 0.897 bits per heavy atom. The lowest BCUT2D eigenvalue weighted by atomic mass is 10.0. The molecule has 29 heavy (non-hydrogen) atoms. The zero-order valence-electron chi connectivity index (χ0n) is 19.1. The molecule has 0 fully saturated rings. The van der Waals surface area contributed by atoms with Crippen LogP contribution in [-0.2, 0) is 20.7 Å². The molecule has 0 radical (unpaired) electrons. The normalized spacial score (nSPS) is 11.4. The minimum absolute atomic E-state index is 0.166. The van der Waals surface area contributed by atoms with Crippen LogP contribution in [0.3, 0.4) is 0 Å². The van der Waals surface area contributed by atoms with Gasteiger partial charge in [-0.2, -0.15) is 0 Å². The van der Waals surface area contributed by atoms with Crippen LogP contribution in [0.25, 0.3) is 0 Å². The van der Waals surface area contributed by atoms with Crippen LogP contribution in [0, 0.1) is 0 Å². The zero-order valence-corrected chi connectivity index (χ0v) is 19.1. The summed E-state index contributed by atoms with van der Waals surface area (Å²) in [7, 11) is 4.01. The van der Waals surface area contributed by atoms with Gasteiger partial charge in [0.05, 0.1) is 33.9 Å². The van der Waals surface area contributed by atoms with Gasteiger partial charge < -0.3 is 18.7 Å². The summed E-state index contributed by atoms with van der Waals surface area (Å²) in [6.07, 6.45) is 9.13. The van der Waals surface area contributed by atoms with Gasteiger partial charge in [-0.25, -0.2) is 4.79 Å². The minimum Gasteiger partial charge on any atom is -0.491 e. The highest BCUT2D eigenvalue weighted by molar-refractivity contribution is 5.70. The summed E-state index contributed by atoms with van der Waals surface area (Å²) in [6, 6.07) is 8.42. The summed E-state index contributed by atoms with van der Waals surface area (Å²) in [4.78, 5) is 11.6. The molecule has 1 aromatic rings. The average molecular weight is 409 g/mol. The number of aryl methyl sites for hydroxylation is 1. The minimum atomic E-state index is -0.166. The predicted octanol–water partition coefficient (Wildman–Crippen LogP) is 4.62. The van der Waals surface area contributed by atoms with Gasteiger partial charge in [0.25, 0.3) is 0 Å². The van der Waals surface area contributed by atoms with E-state index in [2.05, 4.69) is 19.1 Å². The fourth-order valence-corrected chi connectivity index (χ4v) is 3.13. The average Bonchev–Trinajstić information content (AvgIpc) is 2.68. The van der Waals surface area contributed by atoms with Crippen molar-refractivity contribution in [1.29, 1.82) is 0 Å². The number of likely N-dealkylation sites (N-methyl/N-ethyl adjacent to an activating group) is 1. The van der Waals surface area contributed by atoms with Crippen molar-refractivity contribution in [2.45, 2.75) is 58.8 Å². The lowest BCUT2D eigenvalue weighted by Gasteiger charge is -2.28. The van der Waals surface area contributed by atoms with Crippen LogP contribution in [0.4, 0.5) is 0 Å². The Morgan fingerprint density at radius 3 is 2.28 bits per heavy atom. The first kappa shape index (κ1) is 25.4. The summed E-state index contributed by atoms with van der Waals surface area (Å²) in [5.74, 6) is 0.722. The highest BCUT2D eigenvalue weighted by Crippen LogP contribution is 2.15. The van der Waals surface area contributed by atoms with Crippen LogP contribution in [0.2, 0.25) is 0 Å². The van der Waals surface area contributed by atoms with Gasteiger partial charge in [-0.3, -0.25) is 0 Å². The highest BCUT2D eigenvalue weighted by atomic mass is 16.5. The van der Waals surface area contributed by atoms with Gasteiger partial charge in [-0.05, 0) is 37.5 Å². The summed E-state index contributed by atoms with van der Waals surface area (Å²) in [6.45, 7) is 7.28. The third-order valence-corrected chi connectivity index (χ3v) is 4.94. The van der Waals surface area contributed by atoms with E-state index in [1.54, 1.807) is 0 Å². The first-order chi connectivity index (χ1) is 14.0. The number of carbonyl (C=O) groups excluding carboxylic acids is 1. The Hall–Kier alpha value is -1.59. The Labute approximate surface area is 177 Å². The molecule has 1 aromatic carbocycles. The van der Waals surface area contributed by atoms with E-state index in [-0.39, 0.29) is 5.97 Å². The summed E-state index contributed by atoms with van der Waals surface area (Å²) in [5, 5.41) is 0. The number of esters is 1. The molecule has 166 valence electrons. The van der Waals surface area contributed by atoms with E-state index in [0.717, 1.165) is 18.7 Å². The Balaban J connectivity index is 2.10. The molecule has 0 aliphatic carbocycles. The first-order valence-electron chi connectivity index (χ1n) is 11.2. The van der Waals surface area contributed by atoms with Gasteiger partial charge in [0, 0.05) is 0 Å². The smallest absolute Gasteiger partial charge is 0.361 e. The summed E-state index contributed by atoms with van der Waals surface area (Å²) < 4.78 is 17.0. The summed E-state index contributed by atoms with van der Waals surface area (Å²) >= 11 is 0. The third kappa shape index (κ3) is 13.3. The van der Waals surface area contributed by atoms with Gasteiger partial charge in [-0.1, -0.05) is 51.2 Å². The predicted molar refractivity (Wildman–Crippen MR) is 118 cm³/mol. The maximum atomic E-state index is 11.6. The second-order valence-corrected chi connectivity index (χ2v) is 8.25. The summed E-state index contributed by atoms with van der Waals surface area (Å²) in [5.41, 5.74) is 1.38. The van der Waals surface area contributed by atoms with Gasteiger partial charge in [-0.15, -0.1) is 0 Å². The fourth-order valence-electron chi connectivity index (χ4n) is 3.13. The monoisotopic (exact) mass is 408 g/mol. The van der Waals surface area contributed by atoms with Gasteiger partial charge in [0.15, 0.2) is 6.54 Å². The van der Waals surface area contributed by atoms with Crippen molar-refractivity contribution in [3.8, 4) is 5.75 Å². The molecule has 0 saturated heterocycles. The van der Waals surface area contributed by atoms with E-state index in [9.17, 15) is 4.79 Å². The standard InChI is InChI=1S/C24H42NO4/c1-5-7-8-9-10-11-12-22-13-15-23(16-14-22)29-20-19-27-18-17-25(3,4)21-24(26)28-6-2/h13-16H,5-12,17-21H2,1-4H3/q+1. The van der Waals surface area contributed by atoms with Crippen molar-refractivity contribution in [2.24, 2.45) is 0 Å². The molecule has 0 spiro atoms. The Bertz CT molecular complexity index is 542. The quantitative estimate of drug-likeness (QED) is 0.214. The molecular weight excluding hydrogens is 366 g/mol. The molecule has 1 rings (SSSR count). The molecule has 5 nitrogen and oxygen atoms in total. The molecule has 0 aliphatic rings. The lowest BCUT2D eigenvalue weighted by Crippen LogP contribution is -2.46. The number of hydrogen-bond donors (Lipinski definition) is 0. The number of nitrogens with zero attached hydrogens (tertiary/aromatic N) is 1. The number of hydrogen-bond acceptors (Lipinski definition) is 4. The van der Waals surface area contributed by atoms with E-state index < -0.39 is 0 Å². The van der Waals surface area contributed by atoms with Crippen molar-refractivity contribution in [3.05, 3.63) is 29.8 Å². The van der Waals surface area contributed by atoms with Crippen LogP contribution in [0.5, 0.6) is 5.75 Å². The van der Waals surface area contributed by atoms with Crippen molar-refractivity contribution < 1.29 is 23.5 Å². The third-order valence-electron chi connectivity index (χ3n) is 4.94. The zero-order chi connectivity index (χ0) is 21.4. The van der Waals surface area contributed by atoms with Crippen LogP contribution in [0.15, 0.2) is 24.3 Å². The van der Waals surface area contributed by atoms with E-state index in [1.165, 1.54) is 44.1 Å². The molecule has 0 aromatic heterocycles. The van der Waals surface area contributed by atoms with Crippen molar-refractivity contribution >= 4 is 5.97 Å². The molecule has 0 saturated carbocycles. The fraction of sp³-hybridized carbons (Fsp3) is 0.708. The van der Waals surface area contributed by atoms with E-state index in [1.807, 2.05) is 33.2 Å². The molecule has 0 N–H and O–H groups in total. The van der Waals surface area contributed by atoms with Crippen molar-refractivity contribution in [3.63, 3.8) is 0 Å². The van der Waals surface area contributed by atoms with Crippen LogP contribution < -0.4 is 4.74 Å². The van der Waals surface area contributed by atoms with E-state index >= 15 is 0 Å². The molecule has 0 amide bonds. The van der Waals surface area contributed by atoms with Crippen LogP contribution >= 0.6 is 0 Å². The van der Waals surface area contributed by atoms with Crippen LogP contribution in [0.1, 0.15) is 57.9 Å². The van der Waals surface area contributed by atoms with Gasteiger partial charge in [0.1, 0.15) is 18.9 Å². The SMILES string of the molecule is CCCCCCCCc1ccc(OCCOCC[N+](C)(C)CC(=O)OCC)cc1. The molecule has 5 heteroatoms. The number of carbonyl (C=O) groups is 1. The highest BCUT2D eigenvalue weighted by Gasteiger charge is 2.20. The topological polar surface area (TPSA) is 44.8 Å². The number of rotatable bonds is 17. The first-order valence-corrected chi connectivity index (χ1v) is 11.2. The number of quaternary nitrogens is 1. The van der Waals surface area contributed by atoms with Crippen molar-refractivity contribution in [1.82, 2.24) is 0 Å². The maximum Gasteiger partial charge on any atom is 0.361 e. The van der Waals surface area contributed by atoms with Gasteiger partial charge >= 0.3 is 5.97 Å². The van der Waals surface area contributed by atoms with Gasteiger partial charge in [0.2, 0.25) is 0 Å². The number of unbranched alkanes of at least 4 members (excludes halogenated alkanes) is 5. The molecular formula is C24H42NO4+. The Morgan fingerprint density at radius 2 is 1.59 bits per heavy atom. The Kier molecular flexibility index (Phi) is 13.4. The number of benzene rings is 1. The lowest BCUT2D eigenvalue weighted by molar-refractivity contribution is -0.883. The number of ether oxygens (including phenoxy) is 3. The molecule has 0 bridgehead atoms. The van der Waals surface area contributed by atoms with Crippen molar-refractivity contribution in [2.75, 3.05) is 53.6 Å². The second kappa shape index (κ2) is 15.3. The second-order valence-electron chi connectivity index (χ2n) is 8.25. The van der Waals surface area contributed by atoms with Crippen LogP contribution in [-0.4, -0.2) is 64.1 Å². The maximum absolute atomic E-state index is 11.6. The largest absolute Gasteiger partial charge is 0.491 e. The molecule has 0 unspecified atom stereocenters. The molecule has 0 heterocycles. The van der Waals surface area contributed by atoms with E-state index in [0.29, 0.717) is 37.5 Å².